The van der Waals surface area contributed by atoms with E-state index in [0.717, 1.165) is 16.7 Å². The van der Waals surface area contributed by atoms with Gasteiger partial charge in [0.05, 0.1) is 24.1 Å². The molecule has 102 valence electrons. The Morgan fingerprint density at radius 1 is 1.32 bits per heavy atom. The zero-order valence-corrected chi connectivity index (χ0v) is 10.3. The Bertz CT molecular complexity index is 600. The van der Waals surface area contributed by atoms with E-state index in [-0.39, 0.29) is 6.61 Å². The average molecular weight is 265 g/mol. The Kier molecular flexibility index (Phi) is 2.98. The molecular weight excluding hydrogens is 250 g/mol. The van der Waals surface area contributed by atoms with Gasteiger partial charge in [-0.2, -0.15) is 0 Å². The molecule has 0 bridgehead atoms. The molecule has 0 aliphatic carbocycles. The summed E-state index contributed by atoms with van der Waals surface area (Å²) >= 11 is 0. The van der Waals surface area contributed by atoms with E-state index in [1.54, 1.807) is 23.2 Å². The Morgan fingerprint density at radius 3 is 2.79 bits per heavy atom. The fourth-order valence-corrected chi connectivity index (χ4v) is 2.41. The SMILES string of the molecule is Cc1nccc2c1ncn2[C@@H]1O[C@H](CO)[C@@H](O)[C@H]1O. The second-order valence-electron chi connectivity index (χ2n) is 4.64. The van der Waals surface area contributed by atoms with E-state index >= 15 is 0 Å². The van der Waals surface area contributed by atoms with Crippen LogP contribution in [0.5, 0.6) is 0 Å². The van der Waals surface area contributed by atoms with Gasteiger partial charge in [-0.25, -0.2) is 4.98 Å². The van der Waals surface area contributed by atoms with E-state index in [4.69, 9.17) is 9.84 Å². The van der Waals surface area contributed by atoms with Crippen LogP contribution in [0.1, 0.15) is 11.9 Å². The number of hydrogen-bond donors (Lipinski definition) is 3. The molecule has 3 rings (SSSR count). The van der Waals surface area contributed by atoms with E-state index in [1.165, 1.54) is 0 Å². The van der Waals surface area contributed by atoms with E-state index in [2.05, 4.69) is 9.97 Å². The lowest BCUT2D eigenvalue weighted by molar-refractivity contribution is -0.0508. The maximum absolute atomic E-state index is 10.0. The van der Waals surface area contributed by atoms with Gasteiger partial charge >= 0.3 is 0 Å². The molecular formula is C12H15N3O4. The molecule has 7 heteroatoms. The molecule has 0 amide bonds. The maximum atomic E-state index is 10.0. The first-order chi connectivity index (χ1) is 9.13. The van der Waals surface area contributed by atoms with Gasteiger partial charge in [0.15, 0.2) is 6.23 Å². The molecule has 0 saturated carbocycles. The number of pyridine rings is 1. The number of fused-ring (bicyclic) bond motifs is 1. The fourth-order valence-electron chi connectivity index (χ4n) is 2.41. The normalized spacial score (nSPS) is 31.2. The van der Waals surface area contributed by atoms with Gasteiger partial charge in [0.25, 0.3) is 0 Å². The predicted molar refractivity (Wildman–Crippen MR) is 65.3 cm³/mol. The van der Waals surface area contributed by atoms with Gasteiger partial charge in [0.1, 0.15) is 23.8 Å². The third kappa shape index (κ3) is 1.82. The highest BCUT2D eigenvalue weighted by molar-refractivity contribution is 5.77. The molecule has 4 atom stereocenters. The molecule has 0 aromatic carbocycles. The van der Waals surface area contributed by atoms with Crippen molar-refractivity contribution in [3.8, 4) is 0 Å². The predicted octanol–water partition coefficient (Wildman–Crippen LogP) is -0.649. The summed E-state index contributed by atoms with van der Waals surface area (Å²) in [5, 5.41) is 28.9. The van der Waals surface area contributed by atoms with Crippen LogP contribution >= 0.6 is 0 Å². The number of aromatic nitrogens is 3. The van der Waals surface area contributed by atoms with Crippen LogP contribution in [-0.2, 0) is 4.74 Å². The molecule has 1 fully saturated rings. The topological polar surface area (TPSA) is 101 Å². The van der Waals surface area contributed by atoms with Crippen molar-refractivity contribution in [3.05, 3.63) is 24.3 Å². The quantitative estimate of drug-likeness (QED) is 0.667. The zero-order valence-electron chi connectivity index (χ0n) is 10.3. The van der Waals surface area contributed by atoms with Crippen molar-refractivity contribution in [2.75, 3.05) is 6.61 Å². The van der Waals surface area contributed by atoms with Crippen molar-refractivity contribution in [2.45, 2.75) is 31.5 Å². The number of aliphatic hydroxyl groups is 3. The van der Waals surface area contributed by atoms with E-state index in [9.17, 15) is 10.2 Å². The minimum atomic E-state index is -1.12. The summed E-state index contributed by atoms with van der Waals surface area (Å²) in [6, 6.07) is 1.77. The van der Waals surface area contributed by atoms with Crippen molar-refractivity contribution in [3.63, 3.8) is 0 Å². The first-order valence-electron chi connectivity index (χ1n) is 6.04. The number of aliphatic hydroxyl groups excluding tert-OH is 3. The molecule has 7 nitrogen and oxygen atoms in total. The highest BCUT2D eigenvalue weighted by Gasteiger charge is 2.43. The number of imidazole rings is 1. The molecule has 0 unspecified atom stereocenters. The van der Waals surface area contributed by atoms with Crippen LogP contribution in [0.25, 0.3) is 11.0 Å². The first kappa shape index (κ1) is 12.5. The summed E-state index contributed by atoms with van der Waals surface area (Å²) in [7, 11) is 0. The molecule has 19 heavy (non-hydrogen) atoms. The molecule has 1 saturated heterocycles. The van der Waals surface area contributed by atoms with Gasteiger partial charge in [-0.1, -0.05) is 0 Å². The lowest BCUT2D eigenvalue weighted by atomic mass is 10.1. The van der Waals surface area contributed by atoms with Crippen molar-refractivity contribution in [1.29, 1.82) is 0 Å². The minimum absolute atomic E-state index is 0.345. The van der Waals surface area contributed by atoms with Gasteiger partial charge in [-0.15, -0.1) is 0 Å². The molecule has 0 radical (unpaired) electrons. The van der Waals surface area contributed by atoms with Gasteiger partial charge < -0.3 is 24.6 Å². The number of hydrogen-bond acceptors (Lipinski definition) is 6. The van der Waals surface area contributed by atoms with Crippen LogP contribution in [-0.4, -0.2) is 54.8 Å². The van der Waals surface area contributed by atoms with E-state index in [1.807, 2.05) is 6.92 Å². The minimum Gasteiger partial charge on any atom is -0.394 e. The fraction of sp³-hybridized carbons (Fsp3) is 0.500. The standard InChI is InChI=1S/C12H15N3O4/c1-6-9-7(2-3-13-6)15(5-14-9)12-11(18)10(17)8(4-16)19-12/h2-3,5,8,10-12,16-18H,4H2,1H3/t8-,10-,11-,12-/m1/s1. The summed E-state index contributed by atoms with van der Waals surface area (Å²) in [5.41, 5.74) is 2.27. The third-order valence-electron chi connectivity index (χ3n) is 3.47. The lowest BCUT2D eigenvalue weighted by Crippen LogP contribution is -2.33. The summed E-state index contributed by atoms with van der Waals surface area (Å²) in [6.45, 7) is 1.50. The molecule has 1 aliphatic heterocycles. The Balaban J connectivity index is 2.04. The lowest BCUT2D eigenvalue weighted by Gasteiger charge is -2.17. The number of ether oxygens (including phenoxy) is 1. The van der Waals surface area contributed by atoms with Crippen molar-refractivity contribution in [2.24, 2.45) is 0 Å². The number of aryl methyl sites for hydroxylation is 1. The Labute approximate surface area is 109 Å². The van der Waals surface area contributed by atoms with Crippen LogP contribution in [0, 0.1) is 6.92 Å². The first-order valence-corrected chi connectivity index (χ1v) is 6.04. The summed E-state index contributed by atoms with van der Waals surface area (Å²) in [6.07, 6.45) is -0.589. The molecule has 3 heterocycles. The van der Waals surface area contributed by atoms with Crippen LogP contribution < -0.4 is 0 Å². The summed E-state index contributed by atoms with van der Waals surface area (Å²) in [5.74, 6) is 0. The van der Waals surface area contributed by atoms with Crippen LogP contribution in [0.4, 0.5) is 0 Å². The van der Waals surface area contributed by atoms with E-state index in [0.29, 0.717) is 0 Å². The Hall–Kier alpha value is -1.54. The van der Waals surface area contributed by atoms with Gasteiger partial charge in [0.2, 0.25) is 0 Å². The molecule has 0 spiro atoms. The van der Waals surface area contributed by atoms with Gasteiger partial charge in [-0.3, -0.25) is 4.98 Å². The Morgan fingerprint density at radius 2 is 2.11 bits per heavy atom. The van der Waals surface area contributed by atoms with Crippen LogP contribution in [0.2, 0.25) is 0 Å². The second kappa shape index (κ2) is 4.53. The van der Waals surface area contributed by atoms with E-state index < -0.39 is 24.5 Å². The number of nitrogens with zero attached hydrogens (tertiary/aromatic N) is 3. The van der Waals surface area contributed by atoms with Crippen molar-refractivity contribution >= 4 is 11.0 Å². The monoisotopic (exact) mass is 265 g/mol. The van der Waals surface area contributed by atoms with Crippen molar-refractivity contribution in [1.82, 2.24) is 14.5 Å². The smallest absolute Gasteiger partial charge is 0.164 e. The zero-order chi connectivity index (χ0) is 13.6. The van der Waals surface area contributed by atoms with Crippen LogP contribution in [0.15, 0.2) is 18.6 Å². The van der Waals surface area contributed by atoms with Gasteiger partial charge in [-0.05, 0) is 13.0 Å². The summed E-state index contributed by atoms with van der Waals surface area (Å²) in [4.78, 5) is 8.38. The molecule has 3 N–H and O–H groups in total. The molecule has 2 aromatic heterocycles. The highest BCUT2D eigenvalue weighted by atomic mass is 16.6. The van der Waals surface area contributed by atoms with Gasteiger partial charge in [0, 0.05) is 6.20 Å². The van der Waals surface area contributed by atoms with Crippen LogP contribution in [0.3, 0.4) is 0 Å². The third-order valence-corrected chi connectivity index (χ3v) is 3.47. The van der Waals surface area contributed by atoms with Crippen molar-refractivity contribution < 1.29 is 20.1 Å². The average Bonchev–Trinajstić information content (AvgIpc) is 2.94. The second-order valence-corrected chi connectivity index (χ2v) is 4.64. The molecule has 2 aromatic rings. The summed E-state index contributed by atoms with van der Waals surface area (Å²) < 4.78 is 7.13. The molecule has 1 aliphatic rings. The maximum Gasteiger partial charge on any atom is 0.164 e. The largest absolute Gasteiger partial charge is 0.394 e. The highest BCUT2D eigenvalue weighted by Crippen LogP contribution is 2.31. The number of rotatable bonds is 2.